The molecule has 2 aromatic carbocycles. The Morgan fingerprint density at radius 3 is 2.44 bits per heavy atom. The normalized spacial score (nSPS) is 10.4. The summed E-state index contributed by atoms with van der Waals surface area (Å²) in [5.74, 6) is -2.80. The van der Waals surface area contributed by atoms with Gasteiger partial charge in [0.1, 0.15) is 11.6 Å². The average molecular weight is 269 g/mol. The molecule has 0 aromatic heterocycles. The van der Waals surface area contributed by atoms with E-state index in [-0.39, 0.29) is 16.1 Å². The van der Waals surface area contributed by atoms with Crippen molar-refractivity contribution in [3.05, 3.63) is 58.6 Å². The predicted molar refractivity (Wildman–Crippen MR) is 63.8 cm³/mol. The molecule has 0 fully saturated rings. The minimum Gasteiger partial charge on any atom is -0.478 e. The summed E-state index contributed by atoms with van der Waals surface area (Å²) >= 11 is 5.81. The van der Waals surface area contributed by atoms with Gasteiger partial charge in [0.15, 0.2) is 0 Å². The first-order valence-corrected chi connectivity index (χ1v) is 5.35. The van der Waals surface area contributed by atoms with Crippen LogP contribution in [0.5, 0.6) is 0 Å². The molecule has 0 bridgehead atoms. The number of carboxylic acids is 1. The molecule has 18 heavy (non-hydrogen) atoms. The topological polar surface area (TPSA) is 37.3 Å². The fourth-order valence-electron chi connectivity index (χ4n) is 1.61. The number of carbonyl (C=O) groups is 1. The second-order valence-electron chi connectivity index (χ2n) is 3.60. The number of rotatable bonds is 2. The largest absolute Gasteiger partial charge is 0.478 e. The number of hydrogen-bond acceptors (Lipinski definition) is 1. The molecular weight excluding hydrogens is 262 g/mol. The lowest BCUT2D eigenvalue weighted by Gasteiger charge is -2.07. The lowest BCUT2D eigenvalue weighted by atomic mass is 10.0. The number of halogens is 3. The van der Waals surface area contributed by atoms with Crippen LogP contribution in [0.4, 0.5) is 8.78 Å². The summed E-state index contributed by atoms with van der Waals surface area (Å²) in [7, 11) is 0. The van der Waals surface area contributed by atoms with E-state index in [1.165, 1.54) is 18.2 Å². The summed E-state index contributed by atoms with van der Waals surface area (Å²) in [6.07, 6.45) is 0. The van der Waals surface area contributed by atoms with Crippen molar-refractivity contribution in [1.29, 1.82) is 0 Å². The van der Waals surface area contributed by atoms with E-state index in [1.807, 2.05) is 0 Å². The van der Waals surface area contributed by atoms with Crippen molar-refractivity contribution in [1.82, 2.24) is 0 Å². The SMILES string of the molecule is O=C(O)c1cccc(-c2ccc(F)cc2Cl)c1F. The fraction of sp³-hybridized carbons (Fsp3) is 0. The highest BCUT2D eigenvalue weighted by Gasteiger charge is 2.16. The smallest absolute Gasteiger partial charge is 0.338 e. The highest BCUT2D eigenvalue weighted by atomic mass is 35.5. The molecule has 0 saturated heterocycles. The van der Waals surface area contributed by atoms with Crippen molar-refractivity contribution < 1.29 is 18.7 Å². The standard InChI is InChI=1S/C13H7ClF2O2/c14-11-6-7(15)4-5-8(11)9-2-1-3-10(12(9)16)13(17)18/h1-6H,(H,17,18). The summed E-state index contributed by atoms with van der Waals surface area (Å²) in [6.45, 7) is 0. The van der Waals surface area contributed by atoms with Crippen LogP contribution in [0, 0.1) is 11.6 Å². The Bertz CT molecular complexity index is 626. The molecule has 0 atom stereocenters. The summed E-state index contributed by atoms with van der Waals surface area (Å²) in [5.41, 5.74) is -0.175. The van der Waals surface area contributed by atoms with Crippen LogP contribution >= 0.6 is 11.6 Å². The van der Waals surface area contributed by atoms with Crippen LogP contribution in [0.2, 0.25) is 5.02 Å². The Morgan fingerprint density at radius 1 is 1.11 bits per heavy atom. The number of aromatic carboxylic acids is 1. The van der Waals surface area contributed by atoms with Gasteiger partial charge in [-0.05, 0) is 24.3 Å². The average Bonchev–Trinajstić information content (AvgIpc) is 2.30. The van der Waals surface area contributed by atoms with Crippen LogP contribution in [0.25, 0.3) is 11.1 Å². The van der Waals surface area contributed by atoms with Crippen molar-refractivity contribution >= 4 is 17.6 Å². The van der Waals surface area contributed by atoms with E-state index < -0.39 is 23.2 Å². The third-order valence-corrected chi connectivity index (χ3v) is 2.76. The van der Waals surface area contributed by atoms with E-state index in [1.54, 1.807) is 0 Å². The summed E-state index contributed by atoms with van der Waals surface area (Å²) in [6, 6.07) is 7.43. The number of hydrogen-bond donors (Lipinski definition) is 1. The van der Waals surface area contributed by atoms with E-state index in [4.69, 9.17) is 16.7 Å². The molecule has 0 saturated carbocycles. The van der Waals surface area contributed by atoms with Crippen molar-refractivity contribution in [3.8, 4) is 11.1 Å². The van der Waals surface area contributed by atoms with Crippen molar-refractivity contribution in [2.45, 2.75) is 0 Å². The first kappa shape index (κ1) is 12.5. The minimum atomic E-state index is -1.37. The summed E-state index contributed by atoms with van der Waals surface area (Å²) in [5, 5.41) is 8.84. The van der Waals surface area contributed by atoms with Gasteiger partial charge in [-0.15, -0.1) is 0 Å². The molecule has 1 N–H and O–H groups in total. The molecule has 0 spiro atoms. The third kappa shape index (κ3) is 2.19. The van der Waals surface area contributed by atoms with Gasteiger partial charge in [-0.2, -0.15) is 0 Å². The Kier molecular flexibility index (Phi) is 3.30. The Balaban J connectivity index is 2.64. The Labute approximate surface area is 106 Å². The van der Waals surface area contributed by atoms with Crippen LogP contribution < -0.4 is 0 Å². The van der Waals surface area contributed by atoms with E-state index >= 15 is 0 Å². The van der Waals surface area contributed by atoms with Gasteiger partial charge in [0, 0.05) is 11.1 Å². The summed E-state index contributed by atoms with van der Waals surface area (Å²) in [4.78, 5) is 10.8. The molecule has 2 aromatic rings. The molecular formula is C13H7ClF2O2. The van der Waals surface area contributed by atoms with Crippen molar-refractivity contribution in [2.75, 3.05) is 0 Å². The van der Waals surface area contributed by atoms with Gasteiger partial charge in [0.05, 0.1) is 10.6 Å². The molecule has 2 nitrogen and oxygen atoms in total. The lowest BCUT2D eigenvalue weighted by molar-refractivity contribution is 0.0692. The quantitative estimate of drug-likeness (QED) is 0.894. The zero-order chi connectivity index (χ0) is 13.3. The van der Waals surface area contributed by atoms with Crippen LogP contribution in [-0.2, 0) is 0 Å². The van der Waals surface area contributed by atoms with Gasteiger partial charge >= 0.3 is 5.97 Å². The molecule has 2 rings (SSSR count). The number of carboxylic acid groups (broad SMARTS) is 1. The van der Waals surface area contributed by atoms with E-state index in [0.717, 1.165) is 18.2 Å². The van der Waals surface area contributed by atoms with Crippen LogP contribution in [0.3, 0.4) is 0 Å². The molecule has 0 aliphatic heterocycles. The zero-order valence-electron chi connectivity index (χ0n) is 8.95. The fourth-order valence-corrected chi connectivity index (χ4v) is 1.88. The van der Waals surface area contributed by atoms with Crippen LogP contribution in [0.15, 0.2) is 36.4 Å². The van der Waals surface area contributed by atoms with Crippen molar-refractivity contribution in [2.24, 2.45) is 0 Å². The van der Waals surface area contributed by atoms with Gasteiger partial charge in [-0.1, -0.05) is 23.7 Å². The molecule has 0 aliphatic rings. The van der Waals surface area contributed by atoms with Crippen molar-refractivity contribution in [3.63, 3.8) is 0 Å². The summed E-state index contributed by atoms with van der Waals surface area (Å²) < 4.78 is 26.9. The van der Waals surface area contributed by atoms with Gasteiger partial charge < -0.3 is 5.11 Å². The molecule has 0 heterocycles. The molecule has 92 valence electrons. The molecule has 5 heteroatoms. The first-order chi connectivity index (χ1) is 8.50. The monoisotopic (exact) mass is 268 g/mol. The van der Waals surface area contributed by atoms with Gasteiger partial charge in [0.2, 0.25) is 0 Å². The van der Waals surface area contributed by atoms with E-state index in [2.05, 4.69) is 0 Å². The Hall–Kier alpha value is -1.94. The van der Waals surface area contributed by atoms with E-state index in [9.17, 15) is 13.6 Å². The second-order valence-corrected chi connectivity index (χ2v) is 4.00. The highest BCUT2D eigenvalue weighted by Crippen LogP contribution is 2.31. The van der Waals surface area contributed by atoms with Gasteiger partial charge in [0.25, 0.3) is 0 Å². The highest BCUT2D eigenvalue weighted by molar-refractivity contribution is 6.33. The molecule has 0 unspecified atom stereocenters. The molecule has 0 radical (unpaired) electrons. The maximum Gasteiger partial charge on any atom is 0.338 e. The zero-order valence-corrected chi connectivity index (χ0v) is 9.71. The lowest BCUT2D eigenvalue weighted by Crippen LogP contribution is -2.01. The molecule has 0 amide bonds. The van der Waals surface area contributed by atoms with Crippen LogP contribution in [0.1, 0.15) is 10.4 Å². The third-order valence-electron chi connectivity index (χ3n) is 2.45. The minimum absolute atomic E-state index is 0.0245. The number of benzene rings is 2. The Morgan fingerprint density at radius 2 is 1.83 bits per heavy atom. The molecule has 0 aliphatic carbocycles. The van der Waals surface area contributed by atoms with Crippen LogP contribution in [-0.4, -0.2) is 11.1 Å². The second kappa shape index (κ2) is 4.74. The predicted octanol–water partition coefficient (Wildman–Crippen LogP) is 3.98. The van der Waals surface area contributed by atoms with Gasteiger partial charge in [-0.25, -0.2) is 13.6 Å². The maximum absolute atomic E-state index is 14.0. The van der Waals surface area contributed by atoms with E-state index in [0.29, 0.717) is 0 Å². The van der Waals surface area contributed by atoms with Gasteiger partial charge in [-0.3, -0.25) is 0 Å². The first-order valence-electron chi connectivity index (χ1n) is 4.98. The maximum atomic E-state index is 14.0.